The lowest BCUT2D eigenvalue weighted by Crippen LogP contribution is -1.89. The van der Waals surface area contributed by atoms with Crippen LogP contribution in [0.2, 0.25) is 0 Å². The van der Waals surface area contributed by atoms with E-state index in [0.29, 0.717) is 16.7 Å². The van der Waals surface area contributed by atoms with Crippen LogP contribution in [0.15, 0.2) is 200 Å². The van der Waals surface area contributed by atoms with Gasteiger partial charge < -0.3 is 0 Å². The van der Waals surface area contributed by atoms with Gasteiger partial charge in [0.15, 0.2) is 0 Å². The minimum absolute atomic E-state index is 0.166. The van der Waals surface area contributed by atoms with Gasteiger partial charge in [-0.1, -0.05) is 249 Å². The monoisotopic (exact) mass is 997 g/mol. The zero-order chi connectivity index (χ0) is 52.9. The first-order chi connectivity index (χ1) is 36.6. The maximum Gasteiger partial charge on any atom is 0.131 e. The second-order valence-corrected chi connectivity index (χ2v) is 19.6. The molecule has 0 aliphatic heterocycles. The normalized spacial score (nSPS) is 10.8. The van der Waals surface area contributed by atoms with E-state index in [-0.39, 0.29) is 17.5 Å². The predicted molar refractivity (Wildman–Crippen MR) is 316 cm³/mol. The van der Waals surface area contributed by atoms with Gasteiger partial charge in [-0.3, -0.25) is 0 Å². The van der Waals surface area contributed by atoms with Gasteiger partial charge in [-0.15, -0.1) is 0 Å². The average Bonchev–Trinajstić information content (AvgIpc) is 3.46. The summed E-state index contributed by atoms with van der Waals surface area (Å²) < 4.78 is 44.0. The van der Waals surface area contributed by atoms with Crippen LogP contribution >= 0.6 is 0 Å². The van der Waals surface area contributed by atoms with Crippen molar-refractivity contribution in [2.24, 2.45) is 0 Å². The van der Waals surface area contributed by atoms with Gasteiger partial charge in [0.05, 0.1) is 0 Å². The maximum absolute atomic E-state index is 14.7. The molecule has 0 spiro atoms. The molecule has 0 atom stereocenters. The molecule has 9 aromatic carbocycles. The standard InChI is InChI=1S/C25H27F.C24H25F.C23H23F/c1-3-5-6-7-20-10-14-22(15-11-20)24-17-16-23(18-25(24)26)21-12-8-19(4-2)9-13-21;1-3-5-6-19-9-13-21(14-10-19)23-16-15-22(17-24(23)25)20-11-7-18(4-2)8-12-20;1-3-5-18-8-12-20(13-9-18)22-15-14-21(16-23(22)24)19-10-6-17(4-2)7-11-19/h8-18H,3-7H2,1-2H3;7-17H,3-6H2,1-2H3;6-16H,3-5H2,1-2H3. The van der Waals surface area contributed by atoms with E-state index in [1.165, 1.54) is 65.5 Å². The number of unbranched alkanes of at least 4 members (excludes halogenated alkanes) is 3. The van der Waals surface area contributed by atoms with Crippen LogP contribution in [0.5, 0.6) is 0 Å². The number of benzene rings is 9. The fourth-order valence-corrected chi connectivity index (χ4v) is 9.39. The van der Waals surface area contributed by atoms with Crippen molar-refractivity contribution in [3.05, 3.63) is 251 Å². The summed E-state index contributed by atoms with van der Waals surface area (Å²) >= 11 is 0. The molecule has 0 radical (unpaired) electrons. The fraction of sp³-hybridized carbons (Fsp3) is 0.250. The SMILES string of the molecule is CCCCCc1ccc(-c2ccc(-c3ccc(CC)cc3)cc2F)cc1.CCCCc1ccc(-c2ccc(-c3ccc(CC)cc3)cc2F)cc1.CCCc1ccc(-c2ccc(-c3ccc(CC)cc3)cc2F)cc1. The van der Waals surface area contributed by atoms with E-state index in [0.717, 1.165) is 95.0 Å². The molecule has 0 N–H and O–H groups in total. The van der Waals surface area contributed by atoms with Crippen LogP contribution < -0.4 is 0 Å². The van der Waals surface area contributed by atoms with Gasteiger partial charge in [-0.05, 0) is 153 Å². The van der Waals surface area contributed by atoms with Crippen LogP contribution in [0.1, 0.15) is 113 Å². The molecule has 0 fully saturated rings. The van der Waals surface area contributed by atoms with Crippen molar-refractivity contribution in [2.75, 3.05) is 0 Å². The lowest BCUT2D eigenvalue weighted by atomic mass is 9.97. The van der Waals surface area contributed by atoms with E-state index in [4.69, 9.17) is 0 Å². The summed E-state index contributed by atoms with van der Waals surface area (Å²) in [5.41, 5.74) is 18.5. The molecule has 0 aliphatic carbocycles. The topological polar surface area (TPSA) is 0 Å². The summed E-state index contributed by atoms with van der Waals surface area (Å²) in [5, 5.41) is 0. The largest absolute Gasteiger partial charge is 0.206 e. The van der Waals surface area contributed by atoms with E-state index < -0.39 is 0 Å². The predicted octanol–water partition coefficient (Wildman–Crippen LogP) is 21.2. The Hall–Kier alpha value is -7.23. The van der Waals surface area contributed by atoms with Gasteiger partial charge in [0.1, 0.15) is 17.5 Å². The van der Waals surface area contributed by atoms with E-state index in [2.05, 4.69) is 151 Å². The summed E-state index contributed by atoms with van der Waals surface area (Å²) in [5.74, 6) is -0.505. The third kappa shape index (κ3) is 15.7. The zero-order valence-electron chi connectivity index (χ0n) is 45.2. The zero-order valence-corrected chi connectivity index (χ0v) is 45.2. The molecule has 0 aromatic heterocycles. The number of aryl methyl sites for hydroxylation is 6. The molecular formula is C72H75F3. The van der Waals surface area contributed by atoms with E-state index in [1.54, 1.807) is 18.2 Å². The summed E-state index contributed by atoms with van der Waals surface area (Å²) in [7, 11) is 0. The highest BCUT2D eigenvalue weighted by atomic mass is 19.1. The van der Waals surface area contributed by atoms with Crippen LogP contribution in [0.3, 0.4) is 0 Å². The van der Waals surface area contributed by atoms with Gasteiger partial charge in [0.2, 0.25) is 0 Å². The van der Waals surface area contributed by atoms with Crippen molar-refractivity contribution in [3.63, 3.8) is 0 Å². The lowest BCUT2D eigenvalue weighted by Gasteiger charge is -2.09. The molecule has 9 rings (SSSR count). The summed E-state index contributed by atoms with van der Waals surface area (Å²) in [6.45, 7) is 13.0. The molecule has 0 bridgehead atoms. The van der Waals surface area contributed by atoms with Crippen LogP contribution in [0, 0.1) is 17.5 Å². The highest BCUT2D eigenvalue weighted by Crippen LogP contribution is 2.32. The van der Waals surface area contributed by atoms with Crippen molar-refractivity contribution in [1.82, 2.24) is 0 Å². The van der Waals surface area contributed by atoms with Crippen molar-refractivity contribution >= 4 is 0 Å². The molecule has 0 amide bonds. The van der Waals surface area contributed by atoms with Gasteiger partial charge in [-0.2, -0.15) is 0 Å². The molecule has 75 heavy (non-hydrogen) atoms. The first-order valence-corrected chi connectivity index (χ1v) is 27.6. The van der Waals surface area contributed by atoms with Crippen molar-refractivity contribution in [3.8, 4) is 66.8 Å². The van der Waals surface area contributed by atoms with Crippen molar-refractivity contribution in [1.29, 1.82) is 0 Å². The Bertz CT molecular complexity index is 3130. The molecule has 0 unspecified atom stereocenters. The van der Waals surface area contributed by atoms with Gasteiger partial charge >= 0.3 is 0 Å². The smallest absolute Gasteiger partial charge is 0.131 e. The second-order valence-electron chi connectivity index (χ2n) is 19.6. The number of hydrogen-bond donors (Lipinski definition) is 0. The Balaban J connectivity index is 0.000000164. The third-order valence-corrected chi connectivity index (χ3v) is 14.2. The Morgan fingerprint density at radius 3 is 0.747 bits per heavy atom. The fourth-order valence-electron chi connectivity index (χ4n) is 9.39. The van der Waals surface area contributed by atoms with Crippen molar-refractivity contribution in [2.45, 2.75) is 119 Å². The summed E-state index contributed by atoms with van der Waals surface area (Å²) in [6.07, 6.45) is 13.5. The summed E-state index contributed by atoms with van der Waals surface area (Å²) in [4.78, 5) is 0. The molecular weight excluding hydrogens is 922 g/mol. The van der Waals surface area contributed by atoms with Crippen LogP contribution in [0.25, 0.3) is 66.8 Å². The van der Waals surface area contributed by atoms with Crippen LogP contribution in [-0.2, 0) is 38.5 Å². The number of halogens is 3. The molecule has 0 saturated heterocycles. The first-order valence-electron chi connectivity index (χ1n) is 27.6. The Morgan fingerprint density at radius 2 is 0.480 bits per heavy atom. The molecule has 3 heteroatoms. The average molecular weight is 997 g/mol. The molecule has 9 aromatic rings. The highest BCUT2D eigenvalue weighted by Gasteiger charge is 2.11. The maximum atomic E-state index is 14.7. The molecule has 0 saturated carbocycles. The Morgan fingerprint density at radius 1 is 0.227 bits per heavy atom. The number of hydrogen-bond acceptors (Lipinski definition) is 0. The van der Waals surface area contributed by atoms with E-state index in [9.17, 15) is 13.2 Å². The lowest BCUT2D eigenvalue weighted by molar-refractivity contribution is 0.631. The molecule has 0 heterocycles. The first kappa shape index (κ1) is 55.5. The van der Waals surface area contributed by atoms with Gasteiger partial charge in [0.25, 0.3) is 0 Å². The minimum Gasteiger partial charge on any atom is -0.206 e. The summed E-state index contributed by atoms with van der Waals surface area (Å²) in [6, 6.07) is 66.4. The Kier molecular flexibility index (Phi) is 21.1. The van der Waals surface area contributed by atoms with Gasteiger partial charge in [-0.25, -0.2) is 13.2 Å². The molecule has 0 aliphatic rings. The number of rotatable bonds is 18. The molecule has 0 nitrogen and oxygen atoms in total. The van der Waals surface area contributed by atoms with E-state index >= 15 is 0 Å². The highest BCUT2D eigenvalue weighted by molar-refractivity contribution is 5.74. The van der Waals surface area contributed by atoms with Crippen LogP contribution in [-0.4, -0.2) is 0 Å². The quantitative estimate of drug-likeness (QED) is 0.0752. The second kappa shape index (κ2) is 28.4. The van der Waals surface area contributed by atoms with Crippen LogP contribution in [0.4, 0.5) is 13.2 Å². The third-order valence-electron chi connectivity index (χ3n) is 14.2. The van der Waals surface area contributed by atoms with Gasteiger partial charge in [0, 0.05) is 16.7 Å². The van der Waals surface area contributed by atoms with E-state index in [1.807, 2.05) is 72.8 Å². The Labute approximate surface area is 447 Å². The minimum atomic E-state index is -0.171. The molecule has 384 valence electrons. The van der Waals surface area contributed by atoms with Crippen molar-refractivity contribution < 1.29 is 13.2 Å².